The van der Waals surface area contributed by atoms with Gasteiger partial charge in [-0.3, -0.25) is 4.99 Å². The van der Waals surface area contributed by atoms with Crippen LogP contribution < -0.4 is 10.1 Å². The second-order valence-corrected chi connectivity index (χ2v) is 5.10. The van der Waals surface area contributed by atoms with Gasteiger partial charge in [0.05, 0.1) is 12.2 Å². The smallest absolute Gasteiger partial charge is 0.224 e. The van der Waals surface area contributed by atoms with Crippen LogP contribution in [0.15, 0.2) is 60.2 Å². The first-order valence-corrected chi connectivity index (χ1v) is 7.82. The number of aliphatic imine (C=N–C) groups is 1. The highest BCUT2D eigenvalue weighted by atomic mass is 16.5. The van der Waals surface area contributed by atoms with Crippen LogP contribution in [0.1, 0.15) is 30.9 Å². The highest BCUT2D eigenvalue weighted by Crippen LogP contribution is 2.17. The maximum absolute atomic E-state index is 5.79. The van der Waals surface area contributed by atoms with Crippen LogP contribution in [0.5, 0.6) is 5.88 Å². The zero-order valence-corrected chi connectivity index (χ0v) is 13.7. The maximum Gasteiger partial charge on any atom is 0.224 e. The summed E-state index contributed by atoms with van der Waals surface area (Å²) in [4.78, 5) is 8.66. The van der Waals surface area contributed by atoms with E-state index in [-0.39, 0.29) is 0 Å². The third kappa shape index (κ3) is 4.68. The minimum atomic E-state index is 0.593. The topological polar surface area (TPSA) is 46.5 Å². The molecule has 0 saturated carbocycles. The van der Waals surface area contributed by atoms with Crippen molar-refractivity contribution >= 4 is 11.5 Å². The monoisotopic (exact) mass is 309 g/mol. The Labute approximate surface area is 137 Å². The normalized spacial score (nSPS) is 11.1. The first-order valence-electron chi connectivity index (χ1n) is 7.82. The number of rotatable bonds is 7. The van der Waals surface area contributed by atoms with Gasteiger partial charge >= 0.3 is 0 Å². The van der Waals surface area contributed by atoms with Crippen LogP contribution in [0.25, 0.3) is 5.70 Å². The van der Waals surface area contributed by atoms with E-state index < -0.39 is 0 Å². The van der Waals surface area contributed by atoms with Crippen molar-refractivity contribution in [2.75, 3.05) is 13.7 Å². The summed E-state index contributed by atoms with van der Waals surface area (Å²) in [5.41, 5.74) is 2.64. The Bertz CT molecular complexity index is 665. The van der Waals surface area contributed by atoms with Gasteiger partial charge in [-0.25, -0.2) is 4.98 Å². The fourth-order valence-electron chi connectivity index (χ4n) is 2.10. The standard InChI is InChI=1S/C19H23N3O/c1-4-5-14-23-19-17(12-9-13-21-19)18(20-3)22-15(2)16-10-7-6-8-11-16/h6-13H,2,4-5,14H2,1,3H3,(H,20,22). The van der Waals surface area contributed by atoms with Crippen LogP contribution in [0.3, 0.4) is 0 Å². The van der Waals surface area contributed by atoms with E-state index in [1.54, 1.807) is 13.2 Å². The first-order chi connectivity index (χ1) is 11.3. The molecule has 0 spiro atoms. The summed E-state index contributed by atoms with van der Waals surface area (Å²) in [6.45, 7) is 6.87. The molecule has 4 heteroatoms. The molecule has 0 aliphatic heterocycles. The molecule has 23 heavy (non-hydrogen) atoms. The second kappa shape index (κ2) is 8.73. The molecular formula is C19H23N3O. The van der Waals surface area contributed by atoms with Gasteiger partial charge in [-0.15, -0.1) is 0 Å². The SMILES string of the molecule is C=C(NC(=NC)c1cccnc1OCCCC)c1ccccc1. The molecule has 1 aromatic carbocycles. The molecule has 0 radical (unpaired) electrons. The third-order valence-electron chi connectivity index (χ3n) is 3.38. The number of aromatic nitrogens is 1. The third-order valence-corrected chi connectivity index (χ3v) is 3.38. The summed E-state index contributed by atoms with van der Waals surface area (Å²) in [6.07, 6.45) is 3.81. The van der Waals surface area contributed by atoms with Gasteiger partial charge in [-0.1, -0.05) is 50.3 Å². The average Bonchev–Trinajstić information content (AvgIpc) is 2.61. The zero-order valence-electron chi connectivity index (χ0n) is 13.7. The predicted molar refractivity (Wildman–Crippen MR) is 95.7 cm³/mol. The number of pyridine rings is 1. The van der Waals surface area contributed by atoms with Crippen molar-refractivity contribution in [3.63, 3.8) is 0 Å². The zero-order chi connectivity index (χ0) is 16.5. The van der Waals surface area contributed by atoms with Crippen molar-refractivity contribution in [3.8, 4) is 5.88 Å². The second-order valence-electron chi connectivity index (χ2n) is 5.10. The van der Waals surface area contributed by atoms with E-state index in [0.29, 0.717) is 18.3 Å². The molecule has 2 aromatic rings. The summed E-state index contributed by atoms with van der Waals surface area (Å²) in [5, 5.41) is 3.27. The van der Waals surface area contributed by atoms with Crippen molar-refractivity contribution < 1.29 is 4.74 Å². The molecule has 2 rings (SSSR count). The highest BCUT2D eigenvalue weighted by molar-refractivity contribution is 6.04. The van der Waals surface area contributed by atoms with Gasteiger partial charge in [-0.2, -0.15) is 0 Å². The number of hydrogen-bond acceptors (Lipinski definition) is 3. The Morgan fingerprint density at radius 1 is 1.22 bits per heavy atom. The van der Waals surface area contributed by atoms with Gasteiger partial charge in [0.25, 0.3) is 0 Å². The summed E-state index contributed by atoms with van der Waals surface area (Å²) in [7, 11) is 1.74. The molecule has 1 aromatic heterocycles. The first kappa shape index (κ1) is 16.7. The Hall–Kier alpha value is -2.62. The Kier molecular flexibility index (Phi) is 6.36. The molecule has 0 bridgehead atoms. The summed E-state index contributed by atoms with van der Waals surface area (Å²) >= 11 is 0. The van der Waals surface area contributed by atoms with Gasteiger partial charge in [0, 0.05) is 18.9 Å². The van der Waals surface area contributed by atoms with Crippen LogP contribution in [-0.4, -0.2) is 24.5 Å². The van der Waals surface area contributed by atoms with Crippen molar-refractivity contribution in [2.45, 2.75) is 19.8 Å². The van der Waals surface area contributed by atoms with E-state index in [1.807, 2.05) is 42.5 Å². The van der Waals surface area contributed by atoms with E-state index in [1.165, 1.54) is 0 Å². The quantitative estimate of drug-likeness (QED) is 0.479. The summed E-state index contributed by atoms with van der Waals surface area (Å²) in [5.74, 6) is 1.29. The highest BCUT2D eigenvalue weighted by Gasteiger charge is 2.12. The van der Waals surface area contributed by atoms with Gasteiger partial charge < -0.3 is 10.1 Å². The molecule has 0 fully saturated rings. The molecule has 0 atom stereocenters. The molecule has 0 amide bonds. The molecule has 1 heterocycles. The molecule has 0 aliphatic carbocycles. The fourth-order valence-corrected chi connectivity index (χ4v) is 2.10. The summed E-state index contributed by atoms with van der Waals surface area (Å²) < 4.78 is 5.79. The Morgan fingerprint density at radius 2 is 2.00 bits per heavy atom. The number of unbranched alkanes of at least 4 members (excludes halogenated alkanes) is 1. The molecule has 0 aliphatic rings. The lowest BCUT2D eigenvalue weighted by Crippen LogP contribution is -2.23. The van der Waals surface area contributed by atoms with Crippen LogP contribution in [0.2, 0.25) is 0 Å². The molecule has 120 valence electrons. The maximum atomic E-state index is 5.79. The predicted octanol–water partition coefficient (Wildman–Crippen LogP) is 3.90. The van der Waals surface area contributed by atoms with E-state index in [2.05, 4.69) is 28.8 Å². The Balaban J connectivity index is 2.16. The molecular weight excluding hydrogens is 286 g/mol. The van der Waals surface area contributed by atoms with E-state index in [9.17, 15) is 0 Å². The van der Waals surface area contributed by atoms with Crippen LogP contribution in [0.4, 0.5) is 0 Å². The van der Waals surface area contributed by atoms with Crippen LogP contribution >= 0.6 is 0 Å². The molecule has 0 unspecified atom stereocenters. The molecule has 0 saturated heterocycles. The van der Waals surface area contributed by atoms with E-state index in [4.69, 9.17) is 4.74 Å². The lowest BCUT2D eigenvalue weighted by atomic mass is 10.1. The molecule has 1 N–H and O–H groups in total. The van der Waals surface area contributed by atoms with Crippen LogP contribution in [0, 0.1) is 0 Å². The average molecular weight is 309 g/mol. The lowest BCUT2D eigenvalue weighted by Gasteiger charge is -2.15. The number of ether oxygens (including phenoxy) is 1. The molecule has 4 nitrogen and oxygen atoms in total. The minimum Gasteiger partial charge on any atom is -0.477 e. The number of amidine groups is 1. The largest absolute Gasteiger partial charge is 0.477 e. The van der Waals surface area contributed by atoms with Crippen molar-refractivity contribution in [2.24, 2.45) is 4.99 Å². The van der Waals surface area contributed by atoms with Crippen molar-refractivity contribution in [1.29, 1.82) is 0 Å². The lowest BCUT2D eigenvalue weighted by molar-refractivity contribution is 0.297. The van der Waals surface area contributed by atoms with Gasteiger partial charge in [0.15, 0.2) is 0 Å². The van der Waals surface area contributed by atoms with Gasteiger partial charge in [-0.05, 0) is 24.1 Å². The summed E-state index contributed by atoms with van der Waals surface area (Å²) in [6, 6.07) is 13.8. The van der Waals surface area contributed by atoms with E-state index >= 15 is 0 Å². The number of nitrogens with one attached hydrogen (secondary N) is 1. The number of hydrogen-bond donors (Lipinski definition) is 1. The van der Waals surface area contributed by atoms with Crippen molar-refractivity contribution in [3.05, 3.63) is 66.4 Å². The fraction of sp³-hybridized carbons (Fsp3) is 0.263. The van der Waals surface area contributed by atoms with Gasteiger partial charge in [0.2, 0.25) is 5.88 Å². The van der Waals surface area contributed by atoms with Crippen molar-refractivity contribution in [1.82, 2.24) is 10.3 Å². The van der Waals surface area contributed by atoms with Gasteiger partial charge in [0.1, 0.15) is 5.84 Å². The van der Waals surface area contributed by atoms with E-state index in [0.717, 1.165) is 29.7 Å². The Morgan fingerprint density at radius 3 is 2.70 bits per heavy atom. The van der Waals surface area contributed by atoms with Crippen LogP contribution in [-0.2, 0) is 0 Å². The minimum absolute atomic E-state index is 0.593. The number of benzene rings is 1. The number of nitrogens with zero attached hydrogens (tertiary/aromatic N) is 2.